The van der Waals surface area contributed by atoms with Crippen LogP contribution in [0.15, 0.2) is 55.0 Å². The van der Waals surface area contributed by atoms with Crippen molar-refractivity contribution in [3.05, 3.63) is 71.7 Å². The van der Waals surface area contributed by atoms with Crippen molar-refractivity contribution in [3.63, 3.8) is 0 Å². The first-order valence-corrected chi connectivity index (χ1v) is 10.8. The fourth-order valence-corrected chi connectivity index (χ4v) is 3.50. The summed E-state index contributed by atoms with van der Waals surface area (Å²) in [5.41, 5.74) is 11.2. The first-order valence-electron chi connectivity index (χ1n) is 10.8. The van der Waals surface area contributed by atoms with Crippen molar-refractivity contribution < 1.29 is 5.21 Å². The minimum absolute atomic E-state index is 0.391. The highest BCUT2D eigenvalue weighted by Gasteiger charge is 2.19. The molecule has 2 aliphatic rings. The van der Waals surface area contributed by atoms with Crippen LogP contribution in [0.2, 0.25) is 0 Å². The van der Waals surface area contributed by atoms with Crippen molar-refractivity contribution in [1.29, 1.82) is 0 Å². The number of rotatable bonds is 10. The van der Waals surface area contributed by atoms with Crippen molar-refractivity contribution in [2.45, 2.75) is 31.8 Å². The Kier molecular flexibility index (Phi) is 6.79. The van der Waals surface area contributed by atoms with Crippen molar-refractivity contribution >= 4 is 17.3 Å². The number of nitrogens with one attached hydrogen (secondary N) is 1. The van der Waals surface area contributed by atoms with Crippen molar-refractivity contribution in [2.75, 3.05) is 31.2 Å². The molecular weight excluding hydrogens is 374 g/mol. The number of anilines is 1. The predicted molar refractivity (Wildman–Crippen MR) is 122 cm³/mol. The Morgan fingerprint density at radius 1 is 1.23 bits per heavy atom. The number of pyridine rings is 1. The van der Waals surface area contributed by atoms with Crippen LogP contribution in [0.5, 0.6) is 0 Å². The summed E-state index contributed by atoms with van der Waals surface area (Å²) in [7, 11) is 0. The normalized spacial score (nSPS) is 17.2. The maximum absolute atomic E-state index is 10.4. The van der Waals surface area contributed by atoms with Gasteiger partial charge in [-0.1, -0.05) is 24.3 Å². The number of likely N-dealkylation sites (tertiary alicyclic amines) is 1. The van der Waals surface area contributed by atoms with E-state index in [0.29, 0.717) is 19.1 Å². The van der Waals surface area contributed by atoms with E-state index in [-0.39, 0.29) is 0 Å². The Balaban J connectivity index is 1.37. The van der Waals surface area contributed by atoms with Gasteiger partial charge in [-0.05, 0) is 67.3 Å². The molecule has 0 spiro atoms. The van der Waals surface area contributed by atoms with Gasteiger partial charge < -0.3 is 11.1 Å². The summed E-state index contributed by atoms with van der Waals surface area (Å²) in [6.07, 6.45) is 13.3. The molecule has 1 saturated heterocycles. The molecule has 0 atom stereocenters. The zero-order chi connectivity index (χ0) is 20.8. The van der Waals surface area contributed by atoms with Gasteiger partial charge in [0.2, 0.25) is 0 Å². The lowest BCUT2D eigenvalue weighted by atomic mass is 10.0. The largest absolute Gasteiger partial charge is 0.388 e. The zero-order valence-corrected chi connectivity index (χ0v) is 17.4. The highest BCUT2D eigenvalue weighted by molar-refractivity contribution is 5.74. The smallest absolute Gasteiger partial charge is 0.0638 e. The van der Waals surface area contributed by atoms with Gasteiger partial charge in [0.25, 0.3) is 0 Å². The fourth-order valence-electron chi connectivity index (χ4n) is 3.50. The lowest BCUT2D eigenvalue weighted by Crippen LogP contribution is -2.36. The number of nitrogens with two attached hydrogens (primary N) is 1. The summed E-state index contributed by atoms with van der Waals surface area (Å²) >= 11 is 0. The first kappa shape index (κ1) is 20.6. The molecule has 6 nitrogen and oxygen atoms in total. The average molecular weight is 406 g/mol. The molecule has 1 aliphatic carbocycles. The van der Waals surface area contributed by atoms with E-state index >= 15 is 0 Å². The van der Waals surface area contributed by atoms with Crippen molar-refractivity contribution in [1.82, 2.24) is 15.2 Å². The Morgan fingerprint density at radius 3 is 2.70 bits per heavy atom. The van der Waals surface area contributed by atoms with Crippen molar-refractivity contribution in [2.24, 2.45) is 5.73 Å². The van der Waals surface area contributed by atoms with Crippen LogP contribution >= 0.6 is 0 Å². The molecule has 0 radical (unpaired) electrons. The summed E-state index contributed by atoms with van der Waals surface area (Å²) in [5.74, 6) is 0. The maximum atomic E-state index is 10.4. The quantitative estimate of drug-likeness (QED) is 0.527. The fraction of sp³-hybridized carbons (Fsp3) is 0.375. The van der Waals surface area contributed by atoms with Gasteiger partial charge in [0.1, 0.15) is 0 Å². The summed E-state index contributed by atoms with van der Waals surface area (Å²) in [6.45, 7) is 4.21. The molecule has 1 aromatic heterocycles. The molecule has 1 saturated carbocycles. The van der Waals surface area contributed by atoms with Gasteiger partial charge in [-0.25, -0.2) is 0 Å². The van der Waals surface area contributed by atoms with Crippen LogP contribution in [0, 0.1) is 0 Å². The van der Waals surface area contributed by atoms with E-state index in [1.54, 1.807) is 6.20 Å². The van der Waals surface area contributed by atoms with E-state index in [2.05, 4.69) is 27.3 Å². The van der Waals surface area contributed by atoms with E-state index in [4.69, 9.17) is 5.73 Å². The second-order valence-corrected chi connectivity index (χ2v) is 8.06. The molecule has 158 valence electrons. The van der Waals surface area contributed by atoms with Crippen molar-refractivity contribution in [3.8, 4) is 0 Å². The van der Waals surface area contributed by atoms with Gasteiger partial charge in [-0.15, -0.1) is 0 Å². The van der Waals surface area contributed by atoms with E-state index in [0.717, 1.165) is 28.9 Å². The molecule has 6 heteroatoms. The third-order valence-electron chi connectivity index (χ3n) is 5.65. The van der Waals surface area contributed by atoms with E-state index in [1.807, 2.05) is 42.7 Å². The van der Waals surface area contributed by atoms with Gasteiger partial charge >= 0.3 is 0 Å². The van der Waals surface area contributed by atoms with Crippen LogP contribution in [0.4, 0.5) is 5.69 Å². The summed E-state index contributed by atoms with van der Waals surface area (Å²) in [6, 6.07) is 10.7. The second kappa shape index (κ2) is 9.89. The molecule has 0 amide bonds. The monoisotopic (exact) mass is 405 g/mol. The molecule has 1 aliphatic heterocycles. The zero-order valence-electron chi connectivity index (χ0n) is 17.4. The topological polar surface area (TPSA) is 77.6 Å². The molecule has 0 bridgehead atoms. The Labute approximate surface area is 178 Å². The highest BCUT2D eigenvalue weighted by atomic mass is 16.5. The summed E-state index contributed by atoms with van der Waals surface area (Å²) in [5, 5.41) is 15.1. The molecule has 2 aromatic rings. The Hall–Kier alpha value is -2.67. The van der Waals surface area contributed by atoms with E-state index in [1.165, 1.54) is 43.0 Å². The minimum atomic E-state index is 0.391. The number of hydrogen-bond acceptors (Lipinski definition) is 6. The molecule has 0 unspecified atom stereocenters. The number of hydrogen-bond donors (Lipinski definition) is 3. The van der Waals surface area contributed by atoms with Gasteiger partial charge in [0, 0.05) is 43.3 Å². The van der Waals surface area contributed by atoms with Gasteiger partial charge in [-0.3, -0.25) is 20.2 Å². The lowest BCUT2D eigenvalue weighted by Gasteiger charge is -2.30. The van der Waals surface area contributed by atoms with Gasteiger partial charge in [0.15, 0.2) is 0 Å². The third-order valence-corrected chi connectivity index (χ3v) is 5.65. The molecule has 30 heavy (non-hydrogen) atoms. The van der Waals surface area contributed by atoms with Gasteiger partial charge in [-0.2, -0.15) is 0 Å². The first-order chi connectivity index (χ1) is 14.7. The lowest BCUT2D eigenvalue weighted by molar-refractivity contribution is 0.172. The van der Waals surface area contributed by atoms with Crippen LogP contribution in [0.25, 0.3) is 11.6 Å². The summed E-state index contributed by atoms with van der Waals surface area (Å²) < 4.78 is 0. The maximum Gasteiger partial charge on any atom is 0.0638 e. The van der Waals surface area contributed by atoms with Crippen LogP contribution < -0.4 is 16.1 Å². The van der Waals surface area contributed by atoms with Gasteiger partial charge in [0.05, 0.1) is 12.2 Å². The molecule has 4 rings (SSSR count). The van der Waals surface area contributed by atoms with Crippen LogP contribution in [0.3, 0.4) is 0 Å². The highest BCUT2D eigenvalue weighted by Crippen LogP contribution is 2.22. The molecule has 2 fully saturated rings. The standard InChI is InChI=1S/C24H31N5O/c25-15-21(17-27-22-6-7-22)24-10-11-26-16-20(24)3-1-14-29(30)23-8-4-19(5-9-23)18-28-12-2-13-28/h1,3-5,8-11,16-17,22,27,30H,2,6-7,12-15,18,25H2/b3-1+,21-17+. The summed E-state index contributed by atoms with van der Waals surface area (Å²) in [4.78, 5) is 6.67. The predicted octanol–water partition coefficient (Wildman–Crippen LogP) is 3.25. The number of aromatic nitrogens is 1. The Morgan fingerprint density at radius 2 is 2.03 bits per heavy atom. The van der Waals surface area contributed by atoms with Crippen LogP contribution in [-0.2, 0) is 6.54 Å². The average Bonchev–Trinajstić information content (AvgIpc) is 3.57. The van der Waals surface area contributed by atoms with Crippen LogP contribution in [0.1, 0.15) is 36.0 Å². The molecule has 4 N–H and O–H groups in total. The second-order valence-electron chi connectivity index (χ2n) is 8.06. The molecule has 1 aromatic carbocycles. The minimum Gasteiger partial charge on any atom is -0.388 e. The number of nitrogens with zero attached hydrogens (tertiary/aromatic N) is 3. The SMILES string of the molecule is NC/C(=C\NC1CC1)c1ccncc1/C=C/CN(O)c1ccc(CN2CCC2)cc1. The van der Waals surface area contributed by atoms with E-state index < -0.39 is 0 Å². The number of hydroxylamine groups is 1. The molecule has 2 heterocycles. The Bertz CT molecular complexity index is 885. The molecular formula is C24H31N5O. The third kappa shape index (κ3) is 5.48. The number of benzene rings is 1. The van der Waals surface area contributed by atoms with Crippen LogP contribution in [-0.4, -0.2) is 47.3 Å². The van der Waals surface area contributed by atoms with E-state index in [9.17, 15) is 5.21 Å².